The van der Waals surface area contributed by atoms with Crippen LogP contribution in [-0.4, -0.2) is 76.9 Å². The summed E-state index contributed by atoms with van der Waals surface area (Å²) in [6, 6.07) is 7.25. The van der Waals surface area contributed by atoms with E-state index >= 15 is 4.39 Å². The van der Waals surface area contributed by atoms with Gasteiger partial charge in [-0.1, -0.05) is 12.1 Å². The molecule has 0 unspecified atom stereocenters. The maximum absolute atomic E-state index is 15.3. The molecule has 214 valence electrons. The highest BCUT2D eigenvalue weighted by molar-refractivity contribution is 7.17. The Balaban J connectivity index is 1.38. The Morgan fingerprint density at radius 1 is 1.10 bits per heavy atom. The monoisotopic (exact) mass is 559 g/mol. The molecule has 2 aliphatic heterocycles. The lowest BCUT2D eigenvalue weighted by Crippen LogP contribution is -2.42. The van der Waals surface area contributed by atoms with Gasteiger partial charge < -0.3 is 25.0 Å². The number of nitrogens with one attached hydrogen (secondary N) is 1. The van der Waals surface area contributed by atoms with Crippen LogP contribution in [-0.2, 0) is 4.74 Å². The zero-order valence-corrected chi connectivity index (χ0v) is 24.8. The maximum Gasteiger partial charge on any atom is 0.407 e. The predicted molar refractivity (Wildman–Crippen MR) is 153 cm³/mol. The van der Waals surface area contributed by atoms with E-state index in [1.807, 2.05) is 59.7 Å². The van der Waals surface area contributed by atoms with Gasteiger partial charge in [0.1, 0.15) is 11.4 Å². The fraction of sp³-hybridized carbons (Fsp3) is 0.600. The second-order valence-corrected chi connectivity index (χ2v) is 13.7. The maximum atomic E-state index is 15.3. The summed E-state index contributed by atoms with van der Waals surface area (Å²) in [6.45, 7) is 14.3. The molecule has 1 atom stereocenters. The lowest BCUT2D eigenvalue weighted by Gasteiger charge is -2.35. The minimum absolute atomic E-state index is 0.0628. The summed E-state index contributed by atoms with van der Waals surface area (Å²) in [5, 5.41) is 12.9. The number of benzene rings is 1. The van der Waals surface area contributed by atoms with Crippen LogP contribution < -0.4 is 5.32 Å². The van der Waals surface area contributed by atoms with E-state index in [9.17, 15) is 14.7 Å². The summed E-state index contributed by atoms with van der Waals surface area (Å²) < 4.78 is 20.6. The van der Waals surface area contributed by atoms with Gasteiger partial charge >= 0.3 is 6.09 Å². The topological polar surface area (TPSA) is 82.1 Å². The second-order valence-electron chi connectivity index (χ2n) is 12.6. The van der Waals surface area contributed by atoms with Crippen molar-refractivity contribution in [1.29, 1.82) is 0 Å². The minimum atomic E-state index is -0.730. The summed E-state index contributed by atoms with van der Waals surface area (Å²) in [4.78, 5) is 30.9. The number of aryl methyl sites for hydroxylation is 1. The molecule has 2 fully saturated rings. The van der Waals surface area contributed by atoms with Crippen LogP contribution in [0.4, 0.5) is 9.18 Å². The molecule has 39 heavy (non-hydrogen) atoms. The van der Waals surface area contributed by atoms with Crippen LogP contribution in [0.3, 0.4) is 0 Å². The molecular weight excluding hydrogens is 517 g/mol. The quantitative estimate of drug-likeness (QED) is 0.485. The van der Waals surface area contributed by atoms with Gasteiger partial charge in [-0.05, 0) is 109 Å². The van der Waals surface area contributed by atoms with E-state index in [0.717, 1.165) is 47.5 Å². The van der Waals surface area contributed by atoms with Gasteiger partial charge in [0.05, 0.1) is 16.5 Å². The highest BCUT2D eigenvalue weighted by Crippen LogP contribution is 2.36. The number of amides is 2. The highest BCUT2D eigenvalue weighted by atomic mass is 32.1. The van der Waals surface area contributed by atoms with Gasteiger partial charge in [0.2, 0.25) is 0 Å². The smallest absolute Gasteiger partial charge is 0.407 e. The number of carbonyl (C=O) groups excluding carboxylic acids is 2. The van der Waals surface area contributed by atoms with Gasteiger partial charge in [0.15, 0.2) is 0 Å². The first kappa shape index (κ1) is 29.5. The van der Waals surface area contributed by atoms with E-state index in [4.69, 9.17) is 4.74 Å². The number of hydrogen-bond acceptors (Lipinski definition) is 6. The molecule has 7 nitrogen and oxygen atoms in total. The van der Waals surface area contributed by atoms with Crippen molar-refractivity contribution in [2.45, 2.75) is 84.0 Å². The van der Waals surface area contributed by atoms with Gasteiger partial charge in [-0.25, -0.2) is 9.18 Å². The molecule has 2 amide bonds. The fourth-order valence-corrected chi connectivity index (χ4v) is 6.61. The minimum Gasteiger partial charge on any atom is -0.444 e. The SMILES string of the molecule is Cc1cc(-c2ccc(C3CCN(CC(C)(C)O)CC3)c(F)c2)sc1C(=O)N1CC[C@H](NC(=O)OC(C)(C)C)C1. The number of piperidine rings is 1. The number of ether oxygens (including phenoxy) is 1. The van der Waals surface area contributed by atoms with Crippen molar-refractivity contribution in [3.8, 4) is 10.4 Å². The third-order valence-corrected chi connectivity index (χ3v) is 8.51. The first-order valence-corrected chi connectivity index (χ1v) is 14.6. The van der Waals surface area contributed by atoms with Crippen molar-refractivity contribution in [3.63, 3.8) is 0 Å². The Morgan fingerprint density at radius 3 is 2.41 bits per heavy atom. The van der Waals surface area contributed by atoms with Crippen molar-refractivity contribution in [2.24, 2.45) is 0 Å². The lowest BCUT2D eigenvalue weighted by atomic mass is 9.88. The van der Waals surface area contributed by atoms with Crippen LogP contribution in [0.1, 0.15) is 80.6 Å². The molecule has 0 aliphatic carbocycles. The number of carbonyl (C=O) groups is 2. The molecule has 3 heterocycles. The van der Waals surface area contributed by atoms with Crippen molar-refractivity contribution in [1.82, 2.24) is 15.1 Å². The number of likely N-dealkylation sites (tertiary alicyclic amines) is 2. The highest BCUT2D eigenvalue weighted by Gasteiger charge is 2.31. The van der Waals surface area contributed by atoms with E-state index in [1.54, 1.807) is 11.0 Å². The van der Waals surface area contributed by atoms with Crippen molar-refractivity contribution < 1.29 is 23.8 Å². The number of alkyl carbamates (subject to hydrolysis) is 1. The Bertz CT molecular complexity index is 1190. The average molecular weight is 560 g/mol. The molecule has 0 saturated carbocycles. The molecule has 0 radical (unpaired) electrons. The zero-order chi connectivity index (χ0) is 28.5. The molecule has 2 aromatic rings. The Labute approximate surface area is 235 Å². The van der Waals surface area contributed by atoms with Crippen LogP contribution in [0.5, 0.6) is 0 Å². The standard InChI is InChI=1S/C30H42FN3O4S/c1-19-15-25(39-26(19)27(35)34-14-11-22(17-34)32-28(36)38-29(2,3)4)21-7-8-23(24(31)16-21)20-9-12-33(13-10-20)18-30(5,6)37/h7-8,15-16,20,22,37H,9-14,17-18H2,1-6H3,(H,32,36)/t22-/m0/s1. The Hall–Kier alpha value is -2.49. The molecule has 4 rings (SSSR count). The van der Waals surface area contributed by atoms with Crippen molar-refractivity contribution in [3.05, 3.63) is 46.1 Å². The van der Waals surface area contributed by atoms with Gasteiger partial charge in [-0.15, -0.1) is 11.3 Å². The van der Waals surface area contributed by atoms with E-state index in [-0.39, 0.29) is 23.7 Å². The molecule has 1 aromatic heterocycles. The lowest BCUT2D eigenvalue weighted by molar-refractivity contribution is 0.0280. The molecule has 2 saturated heterocycles. The summed E-state index contributed by atoms with van der Waals surface area (Å²) in [6.07, 6.45) is 1.93. The van der Waals surface area contributed by atoms with Crippen molar-refractivity contribution >= 4 is 23.3 Å². The average Bonchev–Trinajstić information content (AvgIpc) is 3.43. The van der Waals surface area contributed by atoms with Crippen LogP contribution >= 0.6 is 11.3 Å². The summed E-state index contributed by atoms with van der Waals surface area (Å²) in [5.74, 6) is -0.105. The first-order chi connectivity index (χ1) is 18.2. The number of thiophene rings is 1. The molecule has 0 spiro atoms. The summed E-state index contributed by atoms with van der Waals surface area (Å²) in [5.41, 5.74) is 1.08. The van der Waals surface area contributed by atoms with E-state index < -0.39 is 17.3 Å². The van der Waals surface area contributed by atoms with E-state index in [0.29, 0.717) is 30.9 Å². The number of β-amino-alcohol motifs (C(OH)–C–C–N with tert-alkyl or cyclic N) is 1. The van der Waals surface area contributed by atoms with Gasteiger partial charge in [0, 0.05) is 24.5 Å². The third-order valence-electron chi connectivity index (χ3n) is 7.23. The number of halogens is 1. The molecule has 2 N–H and O–H groups in total. The normalized spacial score (nSPS) is 19.4. The van der Waals surface area contributed by atoms with Crippen LogP contribution in [0, 0.1) is 12.7 Å². The number of rotatable bonds is 6. The van der Waals surface area contributed by atoms with Crippen LogP contribution in [0.2, 0.25) is 0 Å². The molecule has 1 aromatic carbocycles. The summed E-state index contributed by atoms with van der Waals surface area (Å²) in [7, 11) is 0. The third kappa shape index (κ3) is 7.80. The van der Waals surface area contributed by atoms with Gasteiger partial charge in [-0.2, -0.15) is 0 Å². The first-order valence-electron chi connectivity index (χ1n) is 13.8. The zero-order valence-electron chi connectivity index (χ0n) is 24.0. The Morgan fingerprint density at radius 2 is 1.79 bits per heavy atom. The molecular formula is C30H42FN3O4S. The molecule has 9 heteroatoms. The Kier molecular flexibility index (Phi) is 8.73. The number of aliphatic hydroxyl groups is 1. The number of nitrogens with zero attached hydrogens (tertiary/aromatic N) is 2. The molecule has 2 aliphatic rings. The predicted octanol–water partition coefficient (Wildman–Crippen LogP) is 5.55. The largest absolute Gasteiger partial charge is 0.444 e. The second kappa shape index (κ2) is 11.6. The van der Waals surface area contributed by atoms with Crippen LogP contribution in [0.25, 0.3) is 10.4 Å². The fourth-order valence-electron chi connectivity index (χ4n) is 5.48. The van der Waals surface area contributed by atoms with E-state index in [2.05, 4.69) is 10.2 Å². The van der Waals surface area contributed by atoms with Crippen LogP contribution in [0.15, 0.2) is 24.3 Å². The van der Waals surface area contributed by atoms with Gasteiger partial charge in [-0.3, -0.25) is 4.79 Å². The molecule has 0 bridgehead atoms. The number of hydrogen-bond donors (Lipinski definition) is 2. The summed E-state index contributed by atoms with van der Waals surface area (Å²) >= 11 is 1.39. The van der Waals surface area contributed by atoms with Gasteiger partial charge in [0.25, 0.3) is 5.91 Å². The van der Waals surface area contributed by atoms with E-state index in [1.165, 1.54) is 11.3 Å². The van der Waals surface area contributed by atoms with Crippen molar-refractivity contribution in [2.75, 3.05) is 32.7 Å².